The third-order valence-electron chi connectivity index (χ3n) is 1.46. The number of hydrogen-bond acceptors (Lipinski definition) is 12. The van der Waals surface area contributed by atoms with Crippen LogP contribution >= 0.6 is 0 Å². The molecule has 0 aromatic carbocycles. The maximum absolute atomic E-state index is 11.4. The van der Waals surface area contributed by atoms with Crippen LogP contribution in [0.1, 0.15) is 0 Å². The van der Waals surface area contributed by atoms with Crippen LogP contribution in [0.4, 0.5) is 0 Å². The van der Waals surface area contributed by atoms with E-state index in [1.165, 1.54) is 0 Å². The van der Waals surface area contributed by atoms with Crippen LogP contribution in [0.15, 0.2) is 0 Å². The lowest BCUT2D eigenvalue weighted by atomic mass is 9.83. The normalized spacial score (nSPS) is 17.1. The van der Waals surface area contributed by atoms with Gasteiger partial charge in [-0.2, -0.15) is 8.42 Å². The SMILES string of the molecule is CS(=N)(=O)O[B-](COS(C)(=O)=O)(OS(C)(=O)=O)OS(C)(=O)=O. The van der Waals surface area contributed by atoms with E-state index in [0.29, 0.717) is 25.0 Å². The Morgan fingerprint density at radius 3 is 1.32 bits per heavy atom. The smallest absolute Gasteiger partial charge is 0.445 e. The summed E-state index contributed by atoms with van der Waals surface area (Å²) in [6.07, 6.45) is 2.17. The van der Waals surface area contributed by atoms with Gasteiger partial charge in [0.15, 0.2) is 0 Å². The summed E-state index contributed by atoms with van der Waals surface area (Å²) >= 11 is 0. The topological polar surface area (TPSA) is 180 Å². The van der Waals surface area contributed by atoms with Crippen molar-refractivity contribution < 1.29 is 45.9 Å². The molecule has 1 atom stereocenters. The van der Waals surface area contributed by atoms with Gasteiger partial charge in [-0.1, -0.05) is 0 Å². The Kier molecular flexibility index (Phi) is 6.59. The van der Waals surface area contributed by atoms with Crippen LogP contribution in [0.5, 0.6) is 0 Å². The van der Waals surface area contributed by atoms with Crippen molar-refractivity contribution in [2.45, 2.75) is 0 Å². The minimum atomic E-state index is -4.46. The lowest BCUT2D eigenvalue weighted by Crippen LogP contribution is -2.54. The molecule has 0 saturated heterocycles. The molecule has 0 amide bonds. The fourth-order valence-corrected chi connectivity index (χ4v) is 3.74. The van der Waals surface area contributed by atoms with Crippen LogP contribution in [-0.2, 0) is 56.8 Å². The lowest BCUT2D eigenvalue weighted by molar-refractivity contribution is 0.228. The zero-order valence-corrected chi connectivity index (χ0v) is 15.2. The van der Waals surface area contributed by atoms with Crippen molar-refractivity contribution in [2.75, 3.05) is 31.5 Å². The summed E-state index contributed by atoms with van der Waals surface area (Å²) in [4.78, 5) is 0. The second-order valence-electron chi connectivity index (χ2n) is 4.25. The summed E-state index contributed by atoms with van der Waals surface area (Å²) in [6, 6.07) is 0. The van der Waals surface area contributed by atoms with Crippen molar-refractivity contribution in [3.63, 3.8) is 0 Å². The Morgan fingerprint density at radius 1 is 0.727 bits per heavy atom. The van der Waals surface area contributed by atoms with Gasteiger partial charge in [0.2, 0.25) is 20.2 Å². The molecule has 17 heteroatoms. The molecule has 0 fully saturated rings. The van der Waals surface area contributed by atoms with Gasteiger partial charge in [-0.3, -0.25) is 0 Å². The van der Waals surface area contributed by atoms with E-state index in [-0.39, 0.29) is 0 Å². The van der Waals surface area contributed by atoms with Crippen LogP contribution in [-0.4, -0.2) is 67.7 Å². The molecule has 1 N–H and O–H groups in total. The molecule has 0 heterocycles. The lowest BCUT2D eigenvalue weighted by Gasteiger charge is -2.37. The molecule has 0 bridgehead atoms. The fraction of sp³-hybridized carbons (Fsp3) is 1.00. The highest BCUT2D eigenvalue weighted by Gasteiger charge is 2.41. The second kappa shape index (κ2) is 6.67. The van der Waals surface area contributed by atoms with Gasteiger partial charge in [0.1, 0.15) is 10.0 Å². The molecule has 0 saturated carbocycles. The Balaban J connectivity index is 6.00. The first-order valence-corrected chi connectivity index (χ1v) is 12.4. The van der Waals surface area contributed by atoms with Crippen molar-refractivity contribution in [1.29, 1.82) is 4.78 Å². The average Bonchev–Trinajstić information content (AvgIpc) is 2.04. The van der Waals surface area contributed by atoms with E-state index >= 15 is 0 Å². The molecule has 22 heavy (non-hydrogen) atoms. The summed E-state index contributed by atoms with van der Waals surface area (Å²) in [7, 11) is -17.1. The van der Waals surface area contributed by atoms with Gasteiger partial charge in [-0.15, -0.1) is 0 Å². The predicted molar refractivity (Wildman–Crippen MR) is 76.3 cm³/mol. The van der Waals surface area contributed by atoms with Crippen molar-refractivity contribution in [3.05, 3.63) is 0 Å². The summed E-state index contributed by atoms with van der Waals surface area (Å²) in [5.41, 5.74) is 0. The summed E-state index contributed by atoms with van der Waals surface area (Å²) in [6.45, 7) is -5.46. The molecule has 0 aliphatic rings. The Hall–Kier alpha value is -0.295. The van der Waals surface area contributed by atoms with Gasteiger partial charge < -0.3 is 16.5 Å². The molecule has 0 rings (SSSR count). The predicted octanol–water partition coefficient (Wildman–Crippen LogP) is -2.00. The van der Waals surface area contributed by atoms with E-state index in [2.05, 4.69) is 16.5 Å². The fourth-order valence-electron chi connectivity index (χ4n) is 1.15. The monoisotopic (exact) mass is 404 g/mol. The van der Waals surface area contributed by atoms with Gasteiger partial charge in [-0.25, -0.2) is 25.8 Å². The molecular formula is C5H15BNO11S4-. The zero-order valence-electron chi connectivity index (χ0n) is 11.9. The molecule has 0 radical (unpaired) electrons. The molecule has 0 aromatic heterocycles. The standard InChI is InChI=1S/C5H15BNO11S4/c1-19(7,8)16-6(17-21(3,11)12,18-22(4,13)14)5-15-20(2,9)10/h7H,5H2,1-4H3/q-1. The summed E-state index contributed by atoms with van der Waals surface area (Å²) in [5.74, 6) is 0. The Bertz CT molecular complexity index is 724. The minimum Gasteiger partial charge on any atom is -0.446 e. The molecule has 0 aliphatic carbocycles. The van der Waals surface area contributed by atoms with Crippen molar-refractivity contribution in [1.82, 2.24) is 0 Å². The molecule has 0 spiro atoms. The van der Waals surface area contributed by atoms with Crippen LogP contribution in [0, 0.1) is 4.78 Å². The first-order valence-electron chi connectivity index (χ1n) is 5.07. The second-order valence-corrected chi connectivity index (χ2v) is 10.8. The largest absolute Gasteiger partial charge is 0.446 e. The molecule has 0 aromatic rings. The van der Waals surface area contributed by atoms with E-state index in [9.17, 15) is 29.5 Å². The Labute approximate surface area is 129 Å². The number of rotatable bonds is 9. The first kappa shape index (κ1) is 21.7. The highest BCUT2D eigenvalue weighted by atomic mass is 32.2. The van der Waals surface area contributed by atoms with Crippen LogP contribution in [0.25, 0.3) is 0 Å². The maximum Gasteiger partial charge on any atom is 0.445 e. The first-order chi connectivity index (χ1) is 9.33. The van der Waals surface area contributed by atoms with E-state index < -0.39 is 53.6 Å². The summed E-state index contributed by atoms with van der Waals surface area (Å²) < 4.78 is 103. The molecule has 12 nitrogen and oxygen atoms in total. The van der Waals surface area contributed by atoms with E-state index in [1.54, 1.807) is 0 Å². The number of hydrogen-bond donors (Lipinski definition) is 1. The van der Waals surface area contributed by atoms with Gasteiger partial charge in [-0.05, 0) is 0 Å². The molecular weight excluding hydrogens is 389 g/mol. The maximum atomic E-state index is 11.4. The average molecular weight is 404 g/mol. The van der Waals surface area contributed by atoms with E-state index in [0.717, 1.165) is 0 Å². The van der Waals surface area contributed by atoms with Gasteiger partial charge >= 0.3 is 6.75 Å². The van der Waals surface area contributed by atoms with Crippen molar-refractivity contribution in [2.24, 2.45) is 0 Å². The van der Waals surface area contributed by atoms with E-state index in [1.807, 2.05) is 0 Å². The number of nitrogens with one attached hydrogen (secondary N) is 1. The molecule has 0 aliphatic heterocycles. The highest BCUT2D eigenvalue weighted by Crippen LogP contribution is 2.19. The van der Waals surface area contributed by atoms with E-state index in [4.69, 9.17) is 4.78 Å². The van der Waals surface area contributed by atoms with Gasteiger partial charge in [0, 0.05) is 12.8 Å². The van der Waals surface area contributed by atoms with Crippen molar-refractivity contribution >= 4 is 47.1 Å². The van der Waals surface area contributed by atoms with Gasteiger partial charge in [0.05, 0.1) is 18.8 Å². The third kappa shape index (κ3) is 11.3. The molecule has 1 unspecified atom stereocenters. The quantitative estimate of drug-likeness (QED) is 0.332. The minimum absolute atomic E-state index is 0.473. The van der Waals surface area contributed by atoms with Crippen molar-refractivity contribution in [3.8, 4) is 0 Å². The highest BCUT2D eigenvalue weighted by molar-refractivity contribution is 7.90. The van der Waals surface area contributed by atoms with Crippen LogP contribution < -0.4 is 0 Å². The summed E-state index contributed by atoms with van der Waals surface area (Å²) in [5, 5.41) is 0. The van der Waals surface area contributed by atoms with Crippen LogP contribution in [0.3, 0.4) is 0 Å². The zero-order chi connectivity index (χ0) is 18.0. The van der Waals surface area contributed by atoms with Crippen LogP contribution in [0.2, 0.25) is 0 Å². The molecule has 134 valence electrons. The third-order valence-corrected chi connectivity index (χ3v) is 3.97. The Morgan fingerprint density at radius 2 is 1.09 bits per heavy atom. The van der Waals surface area contributed by atoms with Gasteiger partial charge in [0.25, 0.3) is 10.1 Å².